The van der Waals surface area contributed by atoms with E-state index in [1.54, 1.807) is 12.4 Å². The van der Waals surface area contributed by atoms with Gasteiger partial charge in [-0.05, 0) is 32.1 Å². The standard InChI is InChI=1S/C16H25N5O3S/c1-25(23,24)21-9-5-13(6-10-21)15(22)19-14-11-17-16(18-12-14)20-7-3-2-4-8-20/h11-13H,2-10H2,1H3,(H,19,22). The lowest BCUT2D eigenvalue weighted by Gasteiger charge is -2.29. The van der Waals surface area contributed by atoms with E-state index in [0.717, 1.165) is 25.9 Å². The van der Waals surface area contributed by atoms with Crippen LogP contribution in [0.15, 0.2) is 12.4 Å². The fraction of sp³-hybridized carbons (Fsp3) is 0.688. The summed E-state index contributed by atoms with van der Waals surface area (Å²) in [6.07, 6.45) is 9.12. The van der Waals surface area contributed by atoms with Crippen LogP contribution in [0.4, 0.5) is 11.6 Å². The third-order valence-corrected chi connectivity index (χ3v) is 6.14. The maximum Gasteiger partial charge on any atom is 0.227 e. The van der Waals surface area contributed by atoms with Gasteiger partial charge in [-0.3, -0.25) is 4.79 Å². The molecule has 1 amide bonds. The summed E-state index contributed by atoms with van der Waals surface area (Å²) < 4.78 is 24.5. The number of piperidine rings is 2. The number of nitrogens with one attached hydrogen (secondary N) is 1. The fourth-order valence-corrected chi connectivity index (χ4v) is 4.21. The number of carbonyl (C=O) groups excluding carboxylic acids is 1. The maximum atomic E-state index is 12.4. The van der Waals surface area contributed by atoms with Gasteiger partial charge in [-0.2, -0.15) is 0 Å². The molecule has 0 aromatic carbocycles. The predicted octanol–water partition coefficient (Wildman–Crippen LogP) is 1.08. The first-order chi connectivity index (χ1) is 11.9. The molecule has 3 rings (SSSR count). The number of amides is 1. The van der Waals surface area contributed by atoms with Crippen molar-refractivity contribution in [3.05, 3.63) is 12.4 Å². The normalized spacial score (nSPS) is 20.4. The highest BCUT2D eigenvalue weighted by atomic mass is 32.2. The number of sulfonamides is 1. The molecule has 9 heteroatoms. The molecule has 3 heterocycles. The minimum atomic E-state index is -3.17. The number of aromatic nitrogens is 2. The van der Waals surface area contributed by atoms with E-state index in [9.17, 15) is 13.2 Å². The molecule has 0 bridgehead atoms. The number of nitrogens with zero attached hydrogens (tertiary/aromatic N) is 4. The van der Waals surface area contributed by atoms with Crippen molar-refractivity contribution in [2.75, 3.05) is 42.7 Å². The molecular formula is C16H25N5O3S. The van der Waals surface area contributed by atoms with Crippen molar-refractivity contribution in [1.29, 1.82) is 0 Å². The fourth-order valence-electron chi connectivity index (χ4n) is 3.34. The average molecular weight is 367 g/mol. The van der Waals surface area contributed by atoms with Crippen LogP contribution in [-0.4, -0.2) is 61.0 Å². The summed E-state index contributed by atoms with van der Waals surface area (Å²) in [4.78, 5) is 23.2. The Balaban J connectivity index is 1.53. The molecule has 138 valence electrons. The minimum absolute atomic E-state index is 0.0949. The van der Waals surface area contributed by atoms with Gasteiger partial charge in [0.15, 0.2) is 0 Å². The summed E-state index contributed by atoms with van der Waals surface area (Å²) >= 11 is 0. The van der Waals surface area contributed by atoms with E-state index >= 15 is 0 Å². The van der Waals surface area contributed by atoms with Crippen LogP contribution in [0.25, 0.3) is 0 Å². The Morgan fingerprint density at radius 2 is 1.68 bits per heavy atom. The van der Waals surface area contributed by atoms with Crippen LogP contribution < -0.4 is 10.2 Å². The average Bonchev–Trinajstić information content (AvgIpc) is 2.62. The van der Waals surface area contributed by atoms with E-state index in [2.05, 4.69) is 20.2 Å². The Kier molecular flexibility index (Phi) is 5.53. The first kappa shape index (κ1) is 18.1. The quantitative estimate of drug-likeness (QED) is 0.855. The molecule has 1 aromatic heterocycles. The van der Waals surface area contributed by atoms with Gasteiger partial charge in [0.05, 0.1) is 24.3 Å². The highest BCUT2D eigenvalue weighted by Crippen LogP contribution is 2.21. The molecule has 0 radical (unpaired) electrons. The summed E-state index contributed by atoms with van der Waals surface area (Å²) in [5.74, 6) is 0.432. The molecule has 2 aliphatic rings. The highest BCUT2D eigenvalue weighted by molar-refractivity contribution is 7.88. The molecule has 0 aliphatic carbocycles. The third-order valence-electron chi connectivity index (χ3n) is 4.84. The monoisotopic (exact) mass is 367 g/mol. The molecule has 0 saturated carbocycles. The van der Waals surface area contributed by atoms with Crippen LogP contribution in [0.2, 0.25) is 0 Å². The second-order valence-corrected chi connectivity index (χ2v) is 8.73. The summed E-state index contributed by atoms with van der Waals surface area (Å²) in [6, 6.07) is 0. The van der Waals surface area contributed by atoms with Crippen LogP contribution in [0, 0.1) is 5.92 Å². The molecule has 1 aromatic rings. The minimum Gasteiger partial charge on any atom is -0.341 e. The predicted molar refractivity (Wildman–Crippen MR) is 95.9 cm³/mol. The summed E-state index contributed by atoms with van der Waals surface area (Å²) in [6.45, 7) is 2.73. The number of anilines is 2. The molecule has 25 heavy (non-hydrogen) atoms. The lowest BCUT2D eigenvalue weighted by Crippen LogP contribution is -2.40. The Bertz CT molecular complexity index is 693. The van der Waals surface area contributed by atoms with Crippen LogP contribution in [-0.2, 0) is 14.8 Å². The Morgan fingerprint density at radius 3 is 2.24 bits per heavy atom. The van der Waals surface area contributed by atoms with E-state index in [0.29, 0.717) is 37.6 Å². The molecule has 2 saturated heterocycles. The zero-order chi connectivity index (χ0) is 17.9. The van der Waals surface area contributed by atoms with Gasteiger partial charge in [-0.15, -0.1) is 0 Å². The maximum absolute atomic E-state index is 12.4. The first-order valence-corrected chi connectivity index (χ1v) is 10.6. The van der Waals surface area contributed by atoms with Gasteiger partial charge in [0, 0.05) is 32.1 Å². The number of hydrogen-bond acceptors (Lipinski definition) is 6. The Morgan fingerprint density at radius 1 is 1.08 bits per heavy atom. The van der Waals surface area contributed by atoms with Gasteiger partial charge in [0.1, 0.15) is 0 Å². The highest BCUT2D eigenvalue weighted by Gasteiger charge is 2.29. The number of hydrogen-bond donors (Lipinski definition) is 1. The number of rotatable bonds is 4. The van der Waals surface area contributed by atoms with Crippen LogP contribution >= 0.6 is 0 Å². The third kappa shape index (κ3) is 4.66. The van der Waals surface area contributed by atoms with E-state index in [1.807, 2.05) is 0 Å². The zero-order valence-corrected chi connectivity index (χ0v) is 15.3. The van der Waals surface area contributed by atoms with Gasteiger partial charge < -0.3 is 10.2 Å². The van der Waals surface area contributed by atoms with Crippen molar-refractivity contribution in [3.63, 3.8) is 0 Å². The van der Waals surface area contributed by atoms with Gasteiger partial charge in [0.2, 0.25) is 21.9 Å². The molecule has 8 nitrogen and oxygen atoms in total. The van der Waals surface area contributed by atoms with E-state index < -0.39 is 10.0 Å². The molecule has 0 unspecified atom stereocenters. The Labute approximate surface area is 148 Å². The molecular weight excluding hydrogens is 342 g/mol. The van der Waals surface area contributed by atoms with Crippen molar-refractivity contribution in [2.45, 2.75) is 32.1 Å². The molecule has 0 spiro atoms. The van der Waals surface area contributed by atoms with Gasteiger partial charge >= 0.3 is 0 Å². The van der Waals surface area contributed by atoms with Crippen molar-refractivity contribution in [2.24, 2.45) is 5.92 Å². The first-order valence-electron chi connectivity index (χ1n) is 8.76. The SMILES string of the molecule is CS(=O)(=O)N1CCC(C(=O)Nc2cnc(N3CCCCC3)nc2)CC1. The van der Waals surface area contributed by atoms with Crippen molar-refractivity contribution >= 4 is 27.6 Å². The lowest BCUT2D eigenvalue weighted by molar-refractivity contribution is -0.120. The largest absolute Gasteiger partial charge is 0.341 e. The van der Waals surface area contributed by atoms with Gasteiger partial charge in [0.25, 0.3) is 0 Å². The summed E-state index contributed by atoms with van der Waals surface area (Å²) in [5, 5.41) is 2.84. The smallest absolute Gasteiger partial charge is 0.227 e. The van der Waals surface area contributed by atoms with Crippen molar-refractivity contribution < 1.29 is 13.2 Å². The second kappa shape index (κ2) is 7.65. The second-order valence-electron chi connectivity index (χ2n) is 6.75. The van der Waals surface area contributed by atoms with Crippen molar-refractivity contribution in [1.82, 2.24) is 14.3 Å². The van der Waals surface area contributed by atoms with Gasteiger partial charge in [-0.1, -0.05) is 0 Å². The molecule has 0 atom stereocenters. The van der Waals surface area contributed by atoms with E-state index in [-0.39, 0.29) is 11.8 Å². The zero-order valence-electron chi connectivity index (χ0n) is 14.5. The van der Waals surface area contributed by atoms with Crippen molar-refractivity contribution in [3.8, 4) is 0 Å². The van der Waals surface area contributed by atoms with Crippen LogP contribution in [0.3, 0.4) is 0 Å². The van der Waals surface area contributed by atoms with Gasteiger partial charge in [-0.25, -0.2) is 22.7 Å². The lowest BCUT2D eigenvalue weighted by atomic mass is 9.97. The van der Waals surface area contributed by atoms with E-state index in [4.69, 9.17) is 0 Å². The van der Waals surface area contributed by atoms with Crippen LogP contribution in [0.5, 0.6) is 0 Å². The van der Waals surface area contributed by atoms with E-state index in [1.165, 1.54) is 17.0 Å². The summed E-state index contributed by atoms with van der Waals surface area (Å²) in [5.41, 5.74) is 0.580. The summed E-state index contributed by atoms with van der Waals surface area (Å²) in [7, 11) is -3.17. The molecule has 1 N–H and O–H groups in total. The van der Waals surface area contributed by atoms with Crippen LogP contribution in [0.1, 0.15) is 32.1 Å². The molecule has 2 fully saturated rings. The molecule has 2 aliphatic heterocycles. The topological polar surface area (TPSA) is 95.5 Å². The Hall–Kier alpha value is -1.74. The number of carbonyl (C=O) groups is 1.